The first-order valence-electron chi connectivity index (χ1n) is 8.94. The lowest BCUT2D eigenvalue weighted by molar-refractivity contribution is -0.198. The van der Waals surface area contributed by atoms with Crippen LogP contribution < -0.4 is 4.74 Å². The molecule has 3 rings (SSSR count). The van der Waals surface area contributed by atoms with Crippen molar-refractivity contribution in [2.75, 3.05) is 19.8 Å². The Morgan fingerprint density at radius 3 is 2.28 bits per heavy atom. The molecule has 0 spiro atoms. The molecule has 2 aromatic rings. The van der Waals surface area contributed by atoms with E-state index in [2.05, 4.69) is 20.4 Å². The van der Waals surface area contributed by atoms with Crippen molar-refractivity contribution in [2.24, 2.45) is 0 Å². The number of rotatable bonds is 9. The molecule has 0 atom stereocenters. The van der Waals surface area contributed by atoms with Crippen LogP contribution in [-0.4, -0.2) is 63.1 Å². The Kier molecular flexibility index (Phi) is 6.74. The Labute approximate surface area is 165 Å². The van der Waals surface area contributed by atoms with Gasteiger partial charge in [-0.1, -0.05) is 0 Å². The first kappa shape index (κ1) is 20.3. The van der Waals surface area contributed by atoms with Gasteiger partial charge in [0.05, 0.1) is 19.6 Å². The SMILES string of the molecule is Cc1nnc(-c2ccc(OCCOCCC(=O)ON3C(=O)CCC3=O)cc2)nn1. The smallest absolute Gasteiger partial charge is 0.335 e. The number of benzene rings is 1. The van der Waals surface area contributed by atoms with Crippen LogP contribution in [0.3, 0.4) is 0 Å². The van der Waals surface area contributed by atoms with Crippen LogP contribution in [0.15, 0.2) is 24.3 Å². The average Bonchev–Trinajstić information content (AvgIpc) is 3.03. The maximum Gasteiger partial charge on any atom is 0.335 e. The van der Waals surface area contributed by atoms with Gasteiger partial charge in [-0.05, 0) is 31.2 Å². The second-order valence-corrected chi connectivity index (χ2v) is 6.05. The molecule has 0 N–H and O–H groups in total. The van der Waals surface area contributed by atoms with Crippen molar-refractivity contribution in [3.8, 4) is 17.1 Å². The summed E-state index contributed by atoms with van der Waals surface area (Å²) < 4.78 is 10.8. The van der Waals surface area contributed by atoms with Gasteiger partial charge in [-0.15, -0.1) is 25.5 Å². The molecule has 1 fully saturated rings. The molecule has 0 saturated carbocycles. The Morgan fingerprint density at radius 1 is 0.966 bits per heavy atom. The largest absolute Gasteiger partial charge is 0.491 e. The molecule has 1 aliphatic heterocycles. The molecule has 11 heteroatoms. The van der Waals surface area contributed by atoms with Gasteiger partial charge in [0.2, 0.25) is 5.82 Å². The van der Waals surface area contributed by atoms with Gasteiger partial charge in [0.15, 0.2) is 5.82 Å². The lowest BCUT2D eigenvalue weighted by Crippen LogP contribution is -2.32. The van der Waals surface area contributed by atoms with Crippen LogP contribution in [0.1, 0.15) is 25.1 Å². The summed E-state index contributed by atoms with van der Waals surface area (Å²) in [6, 6.07) is 7.11. The molecule has 1 aromatic heterocycles. The minimum absolute atomic E-state index is 0.0623. The van der Waals surface area contributed by atoms with Crippen molar-refractivity contribution in [2.45, 2.75) is 26.2 Å². The molecule has 2 heterocycles. The summed E-state index contributed by atoms with van der Waals surface area (Å²) in [6.45, 7) is 2.33. The van der Waals surface area contributed by atoms with E-state index >= 15 is 0 Å². The molecule has 0 aliphatic carbocycles. The number of aromatic nitrogens is 4. The fourth-order valence-corrected chi connectivity index (χ4v) is 2.38. The van der Waals surface area contributed by atoms with Gasteiger partial charge in [0.1, 0.15) is 12.4 Å². The Balaban J connectivity index is 1.31. The zero-order chi connectivity index (χ0) is 20.6. The van der Waals surface area contributed by atoms with Crippen LogP contribution in [0.25, 0.3) is 11.4 Å². The second kappa shape index (κ2) is 9.64. The fourth-order valence-electron chi connectivity index (χ4n) is 2.38. The van der Waals surface area contributed by atoms with Crippen LogP contribution in [0.2, 0.25) is 0 Å². The number of nitrogens with zero attached hydrogens (tertiary/aromatic N) is 5. The van der Waals surface area contributed by atoms with Crippen molar-refractivity contribution >= 4 is 17.8 Å². The maximum atomic E-state index is 11.6. The highest BCUT2D eigenvalue weighted by molar-refractivity contribution is 6.01. The number of ether oxygens (including phenoxy) is 2. The molecule has 1 aromatic carbocycles. The Hall–Kier alpha value is -3.47. The summed E-state index contributed by atoms with van der Waals surface area (Å²) in [5.74, 6) is -0.159. The van der Waals surface area contributed by atoms with E-state index in [1.54, 1.807) is 31.2 Å². The van der Waals surface area contributed by atoms with Gasteiger partial charge in [0, 0.05) is 18.4 Å². The summed E-state index contributed by atoms with van der Waals surface area (Å²) in [7, 11) is 0. The van der Waals surface area contributed by atoms with E-state index in [1.807, 2.05) is 0 Å². The van der Waals surface area contributed by atoms with E-state index in [0.29, 0.717) is 22.5 Å². The summed E-state index contributed by atoms with van der Waals surface area (Å²) in [5.41, 5.74) is 0.766. The highest BCUT2D eigenvalue weighted by Gasteiger charge is 2.32. The zero-order valence-corrected chi connectivity index (χ0v) is 15.7. The van der Waals surface area contributed by atoms with Gasteiger partial charge >= 0.3 is 5.97 Å². The summed E-state index contributed by atoms with van der Waals surface area (Å²) in [4.78, 5) is 39.0. The molecule has 29 heavy (non-hydrogen) atoms. The number of hydrogen-bond acceptors (Lipinski definition) is 10. The summed E-state index contributed by atoms with van der Waals surface area (Å²) >= 11 is 0. The van der Waals surface area contributed by atoms with Crippen molar-refractivity contribution in [1.29, 1.82) is 0 Å². The predicted molar refractivity (Wildman–Crippen MR) is 95.9 cm³/mol. The molecular weight excluding hydrogens is 382 g/mol. The predicted octanol–water partition coefficient (Wildman–Crippen LogP) is 0.635. The first-order chi connectivity index (χ1) is 14.0. The highest BCUT2D eigenvalue weighted by Crippen LogP contribution is 2.18. The van der Waals surface area contributed by atoms with E-state index in [1.165, 1.54) is 0 Å². The lowest BCUT2D eigenvalue weighted by Gasteiger charge is -2.12. The number of imide groups is 1. The molecule has 0 unspecified atom stereocenters. The van der Waals surface area contributed by atoms with Crippen LogP contribution in [0, 0.1) is 6.92 Å². The van der Waals surface area contributed by atoms with Crippen molar-refractivity contribution in [1.82, 2.24) is 25.5 Å². The number of hydroxylamine groups is 2. The lowest BCUT2D eigenvalue weighted by atomic mass is 10.2. The summed E-state index contributed by atoms with van der Waals surface area (Å²) in [5, 5.41) is 16.2. The monoisotopic (exact) mass is 401 g/mol. The second-order valence-electron chi connectivity index (χ2n) is 6.05. The normalized spacial score (nSPS) is 13.6. The molecule has 0 radical (unpaired) electrons. The number of carbonyl (C=O) groups excluding carboxylic acids is 3. The number of amides is 2. The first-order valence-corrected chi connectivity index (χ1v) is 8.94. The topological polar surface area (TPSA) is 134 Å². The third-order valence-electron chi connectivity index (χ3n) is 3.84. The van der Waals surface area contributed by atoms with Crippen molar-refractivity contribution in [3.05, 3.63) is 30.1 Å². The van der Waals surface area contributed by atoms with Crippen LogP contribution in [-0.2, 0) is 24.0 Å². The molecule has 1 aliphatic rings. The van der Waals surface area contributed by atoms with Crippen molar-refractivity contribution < 1.29 is 28.7 Å². The summed E-state index contributed by atoms with van der Waals surface area (Å²) in [6.07, 6.45) is 0.0455. The molecule has 11 nitrogen and oxygen atoms in total. The van der Waals surface area contributed by atoms with E-state index in [4.69, 9.17) is 14.3 Å². The molecule has 2 amide bonds. The van der Waals surface area contributed by atoms with Crippen molar-refractivity contribution in [3.63, 3.8) is 0 Å². The third kappa shape index (κ3) is 5.75. The van der Waals surface area contributed by atoms with E-state index in [-0.39, 0.29) is 39.1 Å². The van der Waals surface area contributed by atoms with Crippen LogP contribution >= 0.6 is 0 Å². The third-order valence-corrected chi connectivity index (χ3v) is 3.84. The standard InChI is InChI=1S/C18H19N5O6/c1-12-19-21-18(22-20-12)13-2-4-14(5-3-13)28-11-10-27-9-8-17(26)29-23-15(24)6-7-16(23)25/h2-5H,6-11H2,1H3. The molecule has 152 valence electrons. The van der Waals surface area contributed by atoms with Crippen LogP contribution in [0.4, 0.5) is 0 Å². The van der Waals surface area contributed by atoms with Gasteiger partial charge in [-0.25, -0.2) is 4.79 Å². The van der Waals surface area contributed by atoms with Gasteiger partial charge in [0.25, 0.3) is 11.8 Å². The molecular formula is C18H19N5O6. The molecule has 0 bridgehead atoms. The minimum atomic E-state index is -0.701. The van der Waals surface area contributed by atoms with E-state index in [0.717, 1.165) is 5.56 Å². The Morgan fingerprint density at radius 2 is 1.62 bits per heavy atom. The van der Waals surface area contributed by atoms with Gasteiger partial charge < -0.3 is 14.3 Å². The maximum absolute atomic E-state index is 11.6. The quantitative estimate of drug-likeness (QED) is 0.435. The number of carbonyl (C=O) groups is 3. The zero-order valence-electron chi connectivity index (χ0n) is 15.7. The number of aryl methyl sites for hydroxylation is 1. The Bertz CT molecular complexity index is 855. The highest BCUT2D eigenvalue weighted by atomic mass is 16.7. The van der Waals surface area contributed by atoms with Gasteiger partial charge in [-0.2, -0.15) is 0 Å². The van der Waals surface area contributed by atoms with E-state index in [9.17, 15) is 14.4 Å². The van der Waals surface area contributed by atoms with E-state index < -0.39 is 17.8 Å². The minimum Gasteiger partial charge on any atom is -0.491 e. The number of hydrogen-bond donors (Lipinski definition) is 0. The average molecular weight is 401 g/mol. The van der Waals surface area contributed by atoms with Crippen LogP contribution in [0.5, 0.6) is 5.75 Å². The molecule has 1 saturated heterocycles. The fraction of sp³-hybridized carbons (Fsp3) is 0.389. The van der Waals surface area contributed by atoms with Gasteiger partial charge in [-0.3, -0.25) is 9.59 Å².